The maximum atomic E-state index is 13.5. The second-order valence-corrected chi connectivity index (χ2v) is 8.78. The van der Waals surface area contributed by atoms with Crippen LogP contribution in [0.4, 0.5) is 10.1 Å². The first-order chi connectivity index (χ1) is 13.3. The van der Waals surface area contributed by atoms with E-state index in [9.17, 15) is 17.6 Å². The number of rotatable bonds is 4. The van der Waals surface area contributed by atoms with Gasteiger partial charge in [-0.2, -0.15) is 9.57 Å². The van der Waals surface area contributed by atoms with Crippen molar-refractivity contribution in [2.75, 3.05) is 18.4 Å². The van der Waals surface area contributed by atoms with Crippen LogP contribution < -0.4 is 5.32 Å². The summed E-state index contributed by atoms with van der Waals surface area (Å²) < 4.78 is 40.2. The minimum Gasteiger partial charge on any atom is -0.326 e. The van der Waals surface area contributed by atoms with E-state index in [-0.39, 0.29) is 34.8 Å². The highest BCUT2D eigenvalue weighted by Crippen LogP contribution is 2.26. The molecule has 0 bridgehead atoms. The zero-order valence-corrected chi connectivity index (χ0v) is 16.3. The van der Waals surface area contributed by atoms with Crippen molar-refractivity contribution in [2.24, 2.45) is 5.92 Å². The van der Waals surface area contributed by atoms with Crippen molar-refractivity contribution in [3.63, 3.8) is 0 Å². The zero-order chi connectivity index (χ0) is 20.3. The van der Waals surface area contributed by atoms with Gasteiger partial charge in [0.15, 0.2) is 0 Å². The smallest absolute Gasteiger partial charge is 0.243 e. The second-order valence-electron chi connectivity index (χ2n) is 6.43. The molecule has 1 aliphatic heterocycles. The summed E-state index contributed by atoms with van der Waals surface area (Å²) in [6.45, 7) is 0.408. The lowest BCUT2D eigenvalue weighted by molar-refractivity contribution is -0.120. The molecule has 1 fully saturated rings. The van der Waals surface area contributed by atoms with E-state index in [1.807, 2.05) is 6.07 Å². The maximum absolute atomic E-state index is 13.5. The number of carbonyl (C=O) groups excluding carboxylic acids is 1. The number of anilines is 1. The lowest BCUT2D eigenvalue weighted by atomic mass is 9.97. The van der Waals surface area contributed by atoms with E-state index in [0.29, 0.717) is 24.1 Å². The third-order valence-electron chi connectivity index (χ3n) is 4.63. The largest absolute Gasteiger partial charge is 0.326 e. The molecule has 0 unspecified atom stereocenters. The second kappa shape index (κ2) is 8.27. The predicted molar refractivity (Wildman–Crippen MR) is 103 cm³/mol. The van der Waals surface area contributed by atoms with Crippen molar-refractivity contribution < 1.29 is 17.6 Å². The quantitative estimate of drug-likeness (QED) is 0.819. The Balaban J connectivity index is 1.62. The Bertz CT molecular complexity index is 1030. The molecule has 0 atom stereocenters. The van der Waals surface area contributed by atoms with Crippen LogP contribution in [0.25, 0.3) is 0 Å². The maximum Gasteiger partial charge on any atom is 0.243 e. The molecule has 0 spiro atoms. The topological polar surface area (TPSA) is 90.3 Å². The summed E-state index contributed by atoms with van der Waals surface area (Å²) in [5, 5.41) is 11.4. The summed E-state index contributed by atoms with van der Waals surface area (Å²) in [5.74, 6) is -1.27. The number of piperidine rings is 1. The Labute approximate surface area is 167 Å². The number of nitrogens with zero attached hydrogens (tertiary/aromatic N) is 2. The molecule has 0 saturated carbocycles. The molecular weight excluding hydrogens is 405 g/mol. The van der Waals surface area contributed by atoms with Gasteiger partial charge in [0, 0.05) is 24.7 Å². The molecule has 0 aromatic heterocycles. The van der Waals surface area contributed by atoms with Crippen LogP contribution in [0.15, 0.2) is 47.4 Å². The molecule has 6 nitrogen and oxygen atoms in total. The van der Waals surface area contributed by atoms with Crippen LogP contribution in [-0.4, -0.2) is 31.7 Å². The molecule has 1 heterocycles. The molecule has 1 N–H and O–H groups in total. The van der Waals surface area contributed by atoms with Gasteiger partial charge in [0.1, 0.15) is 5.82 Å². The van der Waals surface area contributed by atoms with E-state index >= 15 is 0 Å². The Hall–Kier alpha value is -2.47. The number of nitriles is 1. The third kappa shape index (κ3) is 4.33. The van der Waals surface area contributed by atoms with Gasteiger partial charge in [-0.05, 0) is 55.3 Å². The van der Waals surface area contributed by atoms with E-state index in [4.69, 9.17) is 16.9 Å². The lowest BCUT2D eigenvalue weighted by Gasteiger charge is -2.30. The average Bonchev–Trinajstić information content (AvgIpc) is 2.71. The normalized spacial score (nSPS) is 15.8. The number of hydrogen-bond acceptors (Lipinski definition) is 4. The van der Waals surface area contributed by atoms with Crippen LogP contribution in [0, 0.1) is 23.1 Å². The molecule has 1 saturated heterocycles. The van der Waals surface area contributed by atoms with Crippen LogP contribution in [0.1, 0.15) is 18.4 Å². The number of nitrogens with one attached hydrogen (secondary N) is 1. The third-order valence-corrected chi connectivity index (χ3v) is 6.85. The molecule has 3 rings (SSSR count). The van der Waals surface area contributed by atoms with Gasteiger partial charge in [0.2, 0.25) is 15.9 Å². The Kier molecular flexibility index (Phi) is 5.98. The molecule has 0 radical (unpaired) electrons. The molecule has 0 aliphatic carbocycles. The fourth-order valence-electron chi connectivity index (χ4n) is 3.03. The van der Waals surface area contributed by atoms with Gasteiger partial charge in [0.05, 0.1) is 21.6 Å². The van der Waals surface area contributed by atoms with Gasteiger partial charge < -0.3 is 5.32 Å². The van der Waals surface area contributed by atoms with Crippen molar-refractivity contribution in [1.29, 1.82) is 5.26 Å². The van der Waals surface area contributed by atoms with E-state index in [0.717, 1.165) is 6.07 Å². The van der Waals surface area contributed by atoms with Crippen LogP contribution in [-0.2, 0) is 14.8 Å². The van der Waals surface area contributed by atoms with Gasteiger partial charge >= 0.3 is 0 Å². The number of halogens is 2. The van der Waals surface area contributed by atoms with Gasteiger partial charge in [0.25, 0.3) is 0 Å². The minimum atomic E-state index is -3.68. The van der Waals surface area contributed by atoms with E-state index in [1.165, 1.54) is 40.7 Å². The molecular formula is C19H17ClFN3O3S. The number of benzene rings is 2. The van der Waals surface area contributed by atoms with Crippen LogP contribution in [0.5, 0.6) is 0 Å². The zero-order valence-electron chi connectivity index (χ0n) is 14.7. The Morgan fingerprint density at radius 1 is 1.18 bits per heavy atom. The number of carbonyl (C=O) groups is 1. The molecule has 1 amide bonds. The van der Waals surface area contributed by atoms with Gasteiger partial charge in [-0.1, -0.05) is 11.6 Å². The highest BCUT2D eigenvalue weighted by Gasteiger charge is 2.32. The van der Waals surface area contributed by atoms with E-state index in [1.54, 1.807) is 0 Å². The summed E-state index contributed by atoms with van der Waals surface area (Å²) in [6, 6.07) is 11.7. The molecule has 146 valence electrons. The molecule has 2 aromatic rings. The monoisotopic (exact) mass is 421 g/mol. The van der Waals surface area contributed by atoms with Gasteiger partial charge in [-0.15, -0.1) is 0 Å². The summed E-state index contributed by atoms with van der Waals surface area (Å²) in [5.41, 5.74) is 0.687. The predicted octanol–water partition coefficient (Wildman–Crippen LogP) is 3.39. The van der Waals surface area contributed by atoms with Crippen molar-refractivity contribution in [3.8, 4) is 6.07 Å². The number of amides is 1. The van der Waals surface area contributed by atoms with E-state index < -0.39 is 15.8 Å². The fraction of sp³-hybridized carbons (Fsp3) is 0.263. The summed E-state index contributed by atoms with van der Waals surface area (Å²) in [6.07, 6.45) is 0.717. The van der Waals surface area contributed by atoms with Crippen molar-refractivity contribution >= 4 is 33.2 Å². The highest BCUT2D eigenvalue weighted by molar-refractivity contribution is 7.89. The molecule has 28 heavy (non-hydrogen) atoms. The standard InChI is InChI=1S/C19H17ClFN3O3S/c20-17-6-3-15(11-18(17)21)23-19(25)14-7-9-24(10-8-14)28(26,27)16-4-1-13(12-22)2-5-16/h1-6,11,14H,7-10H2,(H,23,25). The first-order valence-electron chi connectivity index (χ1n) is 8.57. The van der Waals surface area contributed by atoms with Crippen molar-refractivity contribution in [3.05, 3.63) is 58.9 Å². The number of hydrogen-bond donors (Lipinski definition) is 1. The van der Waals surface area contributed by atoms with Crippen molar-refractivity contribution in [1.82, 2.24) is 4.31 Å². The molecule has 9 heteroatoms. The average molecular weight is 422 g/mol. The fourth-order valence-corrected chi connectivity index (χ4v) is 4.61. The van der Waals surface area contributed by atoms with Crippen LogP contribution >= 0.6 is 11.6 Å². The summed E-state index contributed by atoms with van der Waals surface area (Å²) in [7, 11) is -3.68. The van der Waals surface area contributed by atoms with Crippen LogP contribution in [0.3, 0.4) is 0 Å². The SMILES string of the molecule is N#Cc1ccc(S(=O)(=O)N2CCC(C(=O)Nc3ccc(Cl)c(F)c3)CC2)cc1. The summed E-state index contributed by atoms with van der Waals surface area (Å²) in [4.78, 5) is 12.5. The minimum absolute atomic E-state index is 0.0284. The Morgan fingerprint density at radius 3 is 2.39 bits per heavy atom. The highest BCUT2D eigenvalue weighted by atomic mass is 35.5. The van der Waals surface area contributed by atoms with Crippen LogP contribution in [0.2, 0.25) is 5.02 Å². The van der Waals surface area contributed by atoms with Crippen molar-refractivity contribution in [2.45, 2.75) is 17.7 Å². The number of sulfonamides is 1. The lowest BCUT2D eigenvalue weighted by Crippen LogP contribution is -2.41. The van der Waals surface area contributed by atoms with Gasteiger partial charge in [-0.25, -0.2) is 12.8 Å². The molecule has 1 aliphatic rings. The first-order valence-corrected chi connectivity index (χ1v) is 10.4. The van der Waals surface area contributed by atoms with Gasteiger partial charge in [-0.3, -0.25) is 4.79 Å². The molecule has 2 aromatic carbocycles. The summed E-state index contributed by atoms with van der Waals surface area (Å²) >= 11 is 5.63. The Morgan fingerprint density at radius 2 is 1.82 bits per heavy atom. The first kappa shape index (κ1) is 20.3. The van der Waals surface area contributed by atoms with E-state index in [2.05, 4.69) is 5.32 Å².